The van der Waals surface area contributed by atoms with Crippen molar-refractivity contribution < 1.29 is 18.3 Å². The highest BCUT2D eigenvalue weighted by atomic mass is 79.9. The lowest BCUT2D eigenvalue weighted by Crippen LogP contribution is -2.07. The van der Waals surface area contributed by atoms with E-state index in [1.807, 2.05) is 0 Å². The molecule has 8 heteroatoms. The molecule has 0 aliphatic heterocycles. The van der Waals surface area contributed by atoms with Gasteiger partial charge in [0.25, 0.3) is 0 Å². The van der Waals surface area contributed by atoms with Crippen LogP contribution in [0.5, 0.6) is 0 Å². The molecule has 106 valence electrons. The summed E-state index contributed by atoms with van der Waals surface area (Å²) in [6, 6.07) is 5.34. The van der Waals surface area contributed by atoms with Crippen molar-refractivity contribution in [1.82, 2.24) is 0 Å². The number of carboxylic acid groups (broad SMARTS) is 1. The van der Waals surface area contributed by atoms with E-state index in [2.05, 4.69) is 15.9 Å². The minimum Gasteiger partial charge on any atom is -0.478 e. The Morgan fingerprint density at radius 1 is 1.35 bits per heavy atom. The molecule has 0 aliphatic carbocycles. The first-order valence-electron chi connectivity index (χ1n) is 5.28. The zero-order valence-corrected chi connectivity index (χ0v) is 13.8. The van der Waals surface area contributed by atoms with Gasteiger partial charge in [-0.15, -0.1) is 11.3 Å². The lowest BCUT2D eigenvalue weighted by molar-refractivity contribution is 0.0696. The summed E-state index contributed by atoms with van der Waals surface area (Å²) in [5.41, 5.74) is -0.111. The van der Waals surface area contributed by atoms with Crippen LogP contribution in [-0.2, 0) is 15.6 Å². The Labute approximate surface area is 133 Å². The lowest BCUT2D eigenvalue weighted by atomic mass is 10.2. The van der Waals surface area contributed by atoms with Crippen LogP contribution in [0.1, 0.15) is 15.2 Å². The molecule has 0 saturated heterocycles. The zero-order chi connectivity index (χ0) is 14.9. The number of halogens is 2. The fraction of sp³-hybridized carbons (Fsp3) is 0.0833. The molecule has 20 heavy (non-hydrogen) atoms. The molecule has 0 unspecified atom stereocenters. The number of rotatable bonds is 4. The van der Waals surface area contributed by atoms with E-state index in [9.17, 15) is 13.2 Å². The normalized spacial score (nSPS) is 11.5. The third kappa shape index (κ3) is 3.41. The van der Waals surface area contributed by atoms with Gasteiger partial charge in [-0.1, -0.05) is 11.6 Å². The predicted molar refractivity (Wildman–Crippen MR) is 81.3 cm³/mol. The summed E-state index contributed by atoms with van der Waals surface area (Å²) >= 11 is 10.4. The van der Waals surface area contributed by atoms with E-state index >= 15 is 0 Å². The fourth-order valence-corrected chi connectivity index (χ4v) is 5.30. The third-order valence-electron chi connectivity index (χ3n) is 2.47. The van der Waals surface area contributed by atoms with Crippen LogP contribution < -0.4 is 0 Å². The van der Waals surface area contributed by atoms with Gasteiger partial charge in [0.2, 0.25) is 0 Å². The maximum absolute atomic E-state index is 12.3. The number of aromatic carboxylic acids is 1. The molecule has 2 aromatic rings. The van der Waals surface area contributed by atoms with E-state index in [4.69, 9.17) is 16.7 Å². The van der Waals surface area contributed by atoms with Gasteiger partial charge in [0, 0.05) is 14.7 Å². The summed E-state index contributed by atoms with van der Waals surface area (Å²) < 4.78 is 25.4. The van der Waals surface area contributed by atoms with Crippen LogP contribution >= 0.6 is 38.9 Å². The first-order chi connectivity index (χ1) is 9.29. The number of benzene rings is 1. The van der Waals surface area contributed by atoms with Gasteiger partial charge in [-0.05, 0) is 40.2 Å². The van der Waals surface area contributed by atoms with Gasteiger partial charge >= 0.3 is 5.97 Å². The second-order valence-electron chi connectivity index (χ2n) is 3.94. The average Bonchev–Trinajstić information content (AvgIpc) is 2.73. The molecule has 1 heterocycles. The molecule has 0 saturated carbocycles. The lowest BCUT2D eigenvalue weighted by Gasteiger charge is -2.06. The molecular weight excluding hydrogens is 388 g/mol. The second kappa shape index (κ2) is 5.85. The molecule has 2 rings (SSSR count). The summed E-state index contributed by atoms with van der Waals surface area (Å²) in [4.78, 5) is 11.4. The quantitative estimate of drug-likeness (QED) is 0.854. The Kier molecular flexibility index (Phi) is 4.53. The van der Waals surface area contributed by atoms with E-state index in [1.54, 1.807) is 11.4 Å². The van der Waals surface area contributed by atoms with E-state index in [-0.39, 0.29) is 21.2 Å². The van der Waals surface area contributed by atoms with Crippen molar-refractivity contribution in [2.45, 2.75) is 10.6 Å². The summed E-state index contributed by atoms with van der Waals surface area (Å²) in [7, 11) is -3.69. The van der Waals surface area contributed by atoms with E-state index < -0.39 is 15.8 Å². The third-order valence-corrected chi connectivity index (χ3v) is 6.49. The summed E-state index contributed by atoms with van der Waals surface area (Å²) in [6.45, 7) is 0. The van der Waals surface area contributed by atoms with Crippen molar-refractivity contribution in [3.8, 4) is 0 Å². The first kappa shape index (κ1) is 15.5. The number of thiophene rings is 1. The highest BCUT2D eigenvalue weighted by molar-refractivity contribution is 9.10. The highest BCUT2D eigenvalue weighted by Crippen LogP contribution is 2.29. The predicted octanol–water partition coefficient (Wildman–Crippen LogP) is 3.84. The van der Waals surface area contributed by atoms with Crippen molar-refractivity contribution >= 4 is 54.7 Å². The molecule has 0 fully saturated rings. The van der Waals surface area contributed by atoms with Crippen molar-refractivity contribution in [2.75, 3.05) is 0 Å². The molecule has 1 N–H and O–H groups in total. The van der Waals surface area contributed by atoms with Crippen molar-refractivity contribution in [3.05, 3.63) is 49.6 Å². The second-order valence-corrected chi connectivity index (χ2v) is 8.22. The van der Waals surface area contributed by atoms with Crippen LogP contribution in [0.2, 0.25) is 5.02 Å². The molecular formula is C12H8BrClO4S2. The number of carboxylic acids is 1. The SMILES string of the molecule is O=C(O)c1ccc(Cl)c(S(=O)(=O)Cc2cc(Br)cs2)c1. The Morgan fingerprint density at radius 3 is 2.60 bits per heavy atom. The fourth-order valence-electron chi connectivity index (χ4n) is 1.57. The van der Waals surface area contributed by atoms with Crippen molar-refractivity contribution in [1.29, 1.82) is 0 Å². The standard InChI is InChI=1S/C12H8BrClO4S2/c13-8-4-9(19-5-8)6-20(17,18)11-3-7(12(15)16)1-2-10(11)14/h1-5H,6H2,(H,15,16). The van der Waals surface area contributed by atoms with E-state index in [0.29, 0.717) is 4.88 Å². The van der Waals surface area contributed by atoms with E-state index in [0.717, 1.165) is 10.5 Å². The van der Waals surface area contributed by atoms with Crippen LogP contribution in [-0.4, -0.2) is 19.5 Å². The molecule has 1 aromatic carbocycles. The van der Waals surface area contributed by atoms with Crippen LogP contribution in [0.4, 0.5) is 0 Å². The monoisotopic (exact) mass is 394 g/mol. The number of hydrogen-bond donors (Lipinski definition) is 1. The van der Waals surface area contributed by atoms with Gasteiger partial charge in [0.1, 0.15) is 0 Å². The van der Waals surface area contributed by atoms with Crippen molar-refractivity contribution in [3.63, 3.8) is 0 Å². The maximum atomic E-state index is 12.3. The topological polar surface area (TPSA) is 71.4 Å². The maximum Gasteiger partial charge on any atom is 0.335 e. The number of carbonyl (C=O) groups is 1. The van der Waals surface area contributed by atoms with E-state index in [1.165, 1.54) is 23.5 Å². The molecule has 1 aromatic heterocycles. The summed E-state index contributed by atoms with van der Waals surface area (Å²) in [5.74, 6) is -1.41. The molecule has 0 aliphatic rings. The zero-order valence-electron chi connectivity index (χ0n) is 9.84. The van der Waals surface area contributed by atoms with Crippen LogP contribution in [0, 0.1) is 0 Å². The highest BCUT2D eigenvalue weighted by Gasteiger charge is 2.21. The Hall–Kier alpha value is -0.890. The van der Waals surface area contributed by atoms with Gasteiger partial charge < -0.3 is 5.11 Å². The molecule has 0 atom stereocenters. The van der Waals surface area contributed by atoms with Gasteiger partial charge in [0.15, 0.2) is 9.84 Å². The largest absolute Gasteiger partial charge is 0.478 e. The minimum absolute atomic E-state index is 0.0191. The van der Waals surface area contributed by atoms with Crippen LogP contribution in [0.3, 0.4) is 0 Å². The average molecular weight is 396 g/mol. The van der Waals surface area contributed by atoms with Gasteiger partial charge in [-0.25, -0.2) is 13.2 Å². The molecule has 0 bridgehead atoms. The first-order valence-corrected chi connectivity index (χ1v) is 8.98. The van der Waals surface area contributed by atoms with Crippen molar-refractivity contribution in [2.24, 2.45) is 0 Å². The van der Waals surface area contributed by atoms with Gasteiger partial charge in [0.05, 0.1) is 21.2 Å². The smallest absolute Gasteiger partial charge is 0.335 e. The van der Waals surface area contributed by atoms with Gasteiger partial charge in [-0.3, -0.25) is 0 Å². The Bertz CT molecular complexity index is 768. The van der Waals surface area contributed by atoms with Crippen LogP contribution in [0.25, 0.3) is 0 Å². The van der Waals surface area contributed by atoms with Crippen LogP contribution in [0.15, 0.2) is 39.0 Å². The number of sulfone groups is 1. The Morgan fingerprint density at radius 2 is 2.05 bits per heavy atom. The molecule has 4 nitrogen and oxygen atoms in total. The molecule has 0 amide bonds. The van der Waals surface area contributed by atoms with Gasteiger partial charge in [-0.2, -0.15) is 0 Å². The number of hydrogen-bond acceptors (Lipinski definition) is 4. The Balaban J connectivity index is 2.43. The summed E-state index contributed by atoms with van der Waals surface area (Å²) in [5, 5.41) is 10.7. The summed E-state index contributed by atoms with van der Waals surface area (Å²) in [6.07, 6.45) is 0. The molecule has 0 spiro atoms. The minimum atomic E-state index is -3.69. The molecule has 0 radical (unpaired) electrons.